The number of amides is 1. The van der Waals surface area contributed by atoms with Crippen LogP contribution in [0.3, 0.4) is 0 Å². The number of ether oxygens (including phenoxy) is 1. The molecule has 1 atom stereocenters. The molecule has 5 heteroatoms. The van der Waals surface area contributed by atoms with Crippen molar-refractivity contribution in [1.29, 1.82) is 0 Å². The monoisotopic (exact) mass is 308 g/mol. The van der Waals surface area contributed by atoms with Crippen molar-refractivity contribution in [1.82, 2.24) is 5.32 Å². The molecule has 0 radical (unpaired) electrons. The zero-order chi connectivity index (χ0) is 15.3. The predicted molar refractivity (Wildman–Crippen MR) is 86.7 cm³/mol. The van der Waals surface area contributed by atoms with E-state index in [0.29, 0.717) is 24.8 Å². The summed E-state index contributed by atoms with van der Waals surface area (Å²) in [6.07, 6.45) is 2.33. The highest BCUT2D eigenvalue weighted by molar-refractivity contribution is 8.00. The Hall–Kier alpha value is -1.20. The summed E-state index contributed by atoms with van der Waals surface area (Å²) >= 11 is 1.53. The molecular formula is C16H24N2O2S. The second-order valence-corrected chi connectivity index (χ2v) is 6.69. The minimum absolute atomic E-state index is 0.0498. The van der Waals surface area contributed by atoms with E-state index in [9.17, 15) is 4.79 Å². The van der Waals surface area contributed by atoms with Crippen molar-refractivity contribution in [3.8, 4) is 5.75 Å². The van der Waals surface area contributed by atoms with E-state index in [1.807, 2.05) is 38.1 Å². The van der Waals surface area contributed by atoms with Crippen LogP contribution in [0.4, 0.5) is 0 Å². The first-order valence-corrected chi connectivity index (χ1v) is 8.42. The highest BCUT2D eigenvalue weighted by atomic mass is 32.2. The van der Waals surface area contributed by atoms with E-state index in [0.717, 1.165) is 10.6 Å². The Morgan fingerprint density at radius 1 is 1.43 bits per heavy atom. The molecule has 0 saturated heterocycles. The number of hydrogen-bond acceptors (Lipinski definition) is 4. The fourth-order valence-corrected chi connectivity index (χ4v) is 3.04. The number of nitrogens with one attached hydrogen (secondary N) is 1. The second-order valence-electron chi connectivity index (χ2n) is 5.64. The molecule has 0 aromatic heterocycles. The third-order valence-electron chi connectivity index (χ3n) is 3.83. The Morgan fingerprint density at radius 3 is 2.62 bits per heavy atom. The molecule has 1 fully saturated rings. The summed E-state index contributed by atoms with van der Waals surface area (Å²) in [5.41, 5.74) is 5.57. The SMILES string of the molecule is CCOc1ccc(SCC(=O)NC(C)(CN)C2CC2)cc1. The normalized spacial score (nSPS) is 17.1. The van der Waals surface area contributed by atoms with Gasteiger partial charge in [-0.1, -0.05) is 0 Å². The Labute approximate surface area is 130 Å². The van der Waals surface area contributed by atoms with Crippen LogP contribution < -0.4 is 15.8 Å². The van der Waals surface area contributed by atoms with Gasteiger partial charge in [0.1, 0.15) is 5.75 Å². The fraction of sp³-hybridized carbons (Fsp3) is 0.562. The largest absolute Gasteiger partial charge is 0.494 e. The fourth-order valence-electron chi connectivity index (χ4n) is 2.34. The van der Waals surface area contributed by atoms with Crippen LogP contribution in [-0.4, -0.2) is 30.4 Å². The molecule has 1 aliphatic rings. The van der Waals surface area contributed by atoms with Crippen LogP contribution in [0.1, 0.15) is 26.7 Å². The van der Waals surface area contributed by atoms with Crippen molar-refractivity contribution in [2.24, 2.45) is 11.7 Å². The zero-order valence-electron chi connectivity index (χ0n) is 12.7. The maximum Gasteiger partial charge on any atom is 0.230 e. The Bertz CT molecular complexity index is 474. The molecule has 0 bridgehead atoms. The van der Waals surface area contributed by atoms with Gasteiger partial charge in [0.15, 0.2) is 0 Å². The number of nitrogens with two attached hydrogens (primary N) is 1. The number of carbonyl (C=O) groups is 1. The van der Waals surface area contributed by atoms with Crippen molar-refractivity contribution in [3.05, 3.63) is 24.3 Å². The molecule has 2 rings (SSSR count). The summed E-state index contributed by atoms with van der Waals surface area (Å²) in [5, 5.41) is 3.10. The van der Waals surface area contributed by atoms with Gasteiger partial charge in [-0.25, -0.2) is 0 Å². The number of carbonyl (C=O) groups excluding carboxylic acids is 1. The van der Waals surface area contributed by atoms with Gasteiger partial charge in [-0.3, -0.25) is 4.79 Å². The molecule has 0 spiro atoms. The number of benzene rings is 1. The Kier molecular flexibility index (Phi) is 5.53. The zero-order valence-corrected chi connectivity index (χ0v) is 13.5. The lowest BCUT2D eigenvalue weighted by Gasteiger charge is -2.29. The van der Waals surface area contributed by atoms with Gasteiger partial charge in [0.25, 0.3) is 0 Å². The average Bonchev–Trinajstić information content (AvgIpc) is 3.32. The third kappa shape index (κ3) is 4.64. The molecule has 0 aliphatic heterocycles. The number of rotatable bonds is 8. The van der Waals surface area contributed by atoms with Crippen molar-refractivity contribution in [2.75, 3.05) is 18.9 Å². The van der Waals surface area contributed by atoms with Gasteiger partial charge in [-0.2, -0.15) is 0 Å². The van der Waals surface area contributed by atoms with Gasteiger partial charge in [-0.05, 0) is 56.9 Å². The Morgan fingerprint density at radius 2 is 2.10 bits per heavy atom. The maximum absolute atomic E-state index is 12.1. The van der Waals surface area contributed by atoms with Crippen LogP contribution in [0.5, 0.6) is 5.75 Å². The second kappa shape index (κ2) is 7.18. The smallest absolute Gasteiger partial charge is 0.230 e. The van der Waals surface area contributed by atoms with Crippen molar-refractivity contribution >= 4 is 17.7 Å². The number of thioether (sulfide) groups is 1. The lowest BCUT2D eigenvalue weighted by molar-refractivity contribution is -0.120. The summed E-state index contributed by atoms with van der Waals surface area (Å²) in [4.78, 5) is 13.1. The average molecular weight is 308 g/mol. The molecule has 1 aliphatic carbocycles. The van der Waals surface area contributed by atoms with E-state index in [1.54, 1.807) is 0 Å². The molecule has 1 aromatic carbocycles. The van der Waals surface area contributed by atoms with Gasteiger partial charge in [-0.15, -0.1) is 11.8 Å². The van der Waals surface area contributed by atoms with Crippen molar-refractivity contribution < 1.29 is 9.53 Å². The molecule has 21 heavy (non-hydrogen) atoms. The van der Waals surface area contributed by atoms with E-state index in [4.69, 9.17) is 10.5 Å². The lowest BCUT2D eigenvalue weighted by Crippen LogP contribution is -2.53. The molecular weight excluding hydrogens is 284 g/mol. The first-order valence-electron chi connectivity index (χ1n) is 7.44. The van der Waals surface area contributed by atoms with E-state index in [1.165, 1.54) is 24.6 Å². The summed E-state index contributed by atoms with van der Waals surface area (Å²) in [6.45, 7) is 5.16. The van der Waals surface area contributed by atoms with Crippen LogP contribution in [0.15, 0.2) is 29.2 Å². The minimum Gasteiger partial charge on any atom is -0.494 e. The molecule has 1 unspecified atom stereocenters. The quantitative estimate of drug-likeness (QED) is 0.724. The highest BCUT2D eigenvalue weighted by Gasteiger charge is 2.41. The van der Waals surface area contributed by atoms with Crippen molar-refractivity contribution in [3.63, 3.8) is 0 Å². The van der Waals surface area contributed by atoms with Gasteiger partial charge in [0.2, 0.25) is 5.91 Å². The van der Waals surface area contributed by atoms with Crippen molar-refractivity contribution in [2.45, 2.75) is 37.1 Å². The third-order valence-corrected chi connectivity index (χ3v) is 4.84. The van der Waals surface area contributed by atoms with E-state index < -0.39 is 0 Å². The molecule has 0 heterocycles. The van der Waals surface area contributed by atoms with Gasteiger partial charge >= 0.3 is 0 Å². The topological polar surface area (TPSA) is 64.3 Å². The standard InChI is InChI=1S/C16H24N2O2S/c1-3-20-13-6-8-14(9-7-13)21-10-15(19)18-16(2,11-17)12-4-5-12/h6-9,12H,3-5,10-11,17H2,1-2H3,(H,18,19). The Balaban J connectivity index is 1.80. The number of hydrogen-bond donors (Lipinski definition) is 2. The van der Waals surface area contributed by atoms with Crippen LogP contribution in [-0.2, 0) is 4.79 Å². The minimum atomic E-state index is -0.240. The molecule has 4 nitrogen and oxygen atoms in total. The molecule has 3 N–H and O–H groups in total. The molecule has 1 amide bonds. The lowest BCUT2D eigenvalue weighted by atomic mass is 9.96. The van der Waals surface area contributed by atoms with Gasteiger partial charge < -0.3 is 15.8 Å². The molecule has 116 valence electrons. The summed E-state index contributed by atoms with van der Waals surface area (Å²) in [6, 6.07) is 7.81. The van der Waals surface area contributed by atoms with Gasteiger partial charge in [0, 0.05) is 11.4 Å². The molecule has 1 saturated carbocycles. The van der Waals surface area contributed by atoms with E-state index in [-0.39, 0.29) is 11.4 Å². The maximum atomic E-state index is 12.1. The predicted octanol–water partition coefficient (Wildman–Crippen LogP) is 2.42. The summed E-state index contributed by atoms with van der Waals surface area (Å²) < 4.78 is 5.40. The van der Waals surface area contributed by atoms with Gasteiger partial charge in [0.05, 0.1) is 17.9 Å². The summed E-state index contributed by atoms with van der Waals surface area (Å²) in [7, 11) is 0. The highest BCUT2D eigenvalue weighted by Crippen LogP contribution is 2.39. The van der Waals surface area contributed by atoms with Crippen LogP contribution >= 0.6 is 11.8 Å². The summed E-state index contributed by atoms with van der Waals surface area (Å²) in [5.74, 6) is 1.86. The van der Waals surface area contributed by atoms with E-state index >= 15 is 0 Å². The van der Waals surface area contributed by atoms with E-state index in [2.05, 4.69) is 5.32 Å². The van der Waals surface area contributed by atoms with Crippen LogP contribution in [0.2, 0.25) is 0 Å². The first kappa shape index (κ1) is 16.2. The molecule has 1 aromatic rings. The first-order chi connectivity index (χ1) is 10.1. The van der Waals surface area contributed by atoms with Crippen LogP contribution in [0.25, 0.3) is 0 Å². The van der Waals surface area contributed by atoms with Crippen LogP contribution in [0, 0.1) is 5.92 Å².